The molecule has 1 aromatic carbocycles. The molecule has 21 heavy (non-hydrogen) atoms. The maximum absolute atomic E-state index is 10.9. The molecule has 1 heterocycles. The van der Waals surface area contributed by atoms with E-state index >= 15 is 0 Å². The zero-order valence-electron chi connectivity index (χ0n) is 11.3. The minimum absolute atomic E-state index is 0.154. The van der Waals surface area contributed by atoms with Gasteiger partial charge >= 0.3 is 5.69 Å². The molecule has 1 saturated heterocycles. The number of phenolic OH excluding ortho intramolecular Hbond substituents is 2. The zero-order valence-corrected chi connectivity index (χ0v) is 11.3. The zero-order chi connectivity index (χ0) is 15.4. The van der Waals surface area contributed by atoms with E-state index in [2.05, 4.69) is 11.4 Å². The van der Waals surface area contributed by atoms with Gasteiger partial charge in [0.25, 0.3) is 0 Å². The lowest BCUT2D eigenvalue weighted by Gasteiger charge is -2.34. The molecule has 8 heteroatoms. The van der Waals surface area contributed by atoms with E-state index in [1.165, 1.54) is 12.1 Å². The van der Waals surface area contributed by atoms with Crippen molar-refractivity contribution in [1.29, 1.82) is 5.26 Å². The maximum Gasteiger partial charge on any atom is 0.314 e. The Morgan fingerprint density at radius 3 is 2.67 bits per heavy atom. The van der Waals surface area contributed by atoms with E-state index < -0.39 is 22.1 Å². The second kappa shape index (κ2) is 6.39. The highest BCUT2D eigenvalue weighted by Crippen LogP contribution is 2.39. The standard InChI is InChI=1S/C13H16N4O4/c14-2-1-10(16-5-3-15-4-6-16)9-7-11(17(20)21)13(19)12(18)8-9/h7-8,10,15,18-19H,1,3-6H2/t10-/m0/s1. The number of hydrogen-bond donors (Lipinski definition) is 3. The van der Waals surface area contributed by atoms with E-state index in [9.17, 15) is 20.3 Å². The Morgan fingerprint density at radius 1 is 1.43 bits per heavy atom. The quantitative estimate of drug-likeness (QED) is 0.427. The molecule has 0 aromatic heterocycles. The minimum Gasteiger partial charge on any atom is -0.504 e. The minimum atomic E-state index is -0.750. The summed E-state index contributed by atoms with van der Waals surface area (Å²) in [4.78, 5) is 12.2. The summed E-state index contributed by atoms with van der Waals surface area (Å²) >= 11 is 0. The molecule has 1 aliphatic rings. The van der Waals surface area contributed by atoms with Gasteiger partial charge in [-0.25, -0.2) is 0 Å². The van der Waals surface area contributed by atoms with Gasteiger partial charge in [0.1, 0.15) is 0 Å². The number of benzene rings is 1. The Balaban J connectivity index is 2.40. The molecular weight excluding hydrogens is 276 g/mol. The number of nitriles is 1. The van der Waals surface area contributed by atoms with E-state index in [1.807, 2.05) is 4.90 Å². The van der Waals surface area contributed by atoms with Crippen LogP contribution in [0.25, 0.3) is 0 Å². The van der Waals surface area contributed by atoms with Crippen LogP contribution in [0, 0.1) is 21.4 Å². The van der Waals surface area contributed by atoms with Crippen molar-refractivity contribution in [1.82, 2.24) is 10.2 Å². The summed E-state index contributed by atoms with van der Waals surface area (Å²) in [5, 5.41) is 42.3. The molecule has 0 spiro atoms. The summed E-state index contributed by atoms with van der Waals surface area (Å²) in [6.07, 6.45) is 0.154. The molecule has 1 aliphatic heterocycles. The van der Waals surface area contributed by atoms with Crippen LogP contribution in [0.5, 0.6) is 11.5 Å². The van der Waals surface area contributed by atoms with Gasteiger partial charge in [-0.05, 0) is 11.6 Å². The topological polar surface area (TPSA) is 123 Å². The molecular formula is C13H16N4O4. The largest absolute Gasteiger partial charge is 0.504 e. The first-order valence-corrected chi connectivity index (χ1v) is 6.56. The number of nitro benzene ring substituents is 1. The van der Waals surface area contributed by atoms with Gasteiger partial charge in [-0.3, -0.25) is 15.0 Å². The van der Waals surface area contributed by atoms with Crippen molar-refractivity contribution in [3.05, 3.63) is 27.8 Å². The lowest BCUT2D eigenvalue weighted by Crippen LogP contribution is -2.45. The fraction of sp³-hybridized carbons (Fsp3) is 0.462. The SMILES string of the molecule is N#CC[C@@H](c1cc(O)c(O)c([N+](=O)[O-])c1)N1CCNCC1. The molecule has 8 nitrogen and oxygen atoms in total. The van der Waals surface area contributed by atoms with Gasteiger partial charge in [0.05, 0.1) is 17.4 Å². The fourth-order valence-corrected chi connectivity index (χ4v) is 2.49. The molecule has 112 valence electrons. The van der Waals surface area contributed by atoms with Crippen LogP contribution >= 0.6 is 0 Å². The second-order valence-electron chi connectivity index (χ2n) is 4.83. The van der Waals surface area contributed by atoms with Crippen LogP contribution in [-0.2, 0) is 0 Å². The predicted octanol–water partition coefficient (Wildman–Crippen LogP) is 0.866. The normalized spacial score (nSPS) is 17.1. The van der Waals surface area contributed by atoms with E-state index in [0.717, 1.165) is 13.1 Å². The first-order chi connectivity index (χ1) is 10.0. The van der Waals surface area contributed by atoms with Gasteiger partial charge in [-0.2, -0.15) is 5.26 Å². The monoisotopic (exact) mass is 292 g/mol. The number of nitrogens with zero attached hydrogens (tertiary/aromatic N) is 3. The molecule has 1 fully saturated rings. The van der Waals surface area contributed by atoms with Crippen LogP contribution in [0.1, 0.15) is 18.0 Å². The van der Waals surface area contributed by atoms with Crippen LogP contribution in [-0.4, -0.2) is 46.2 Å². The van der Waals surface area contributed by atoms with Crippen molar-refractivity contribution in [2.75, 3.05) is 26.2 Å². The summed E-state index contributed by atoms with van der Waals surface area (Å²) in [5.74, 6) is -1.29. The number of rotatable bonds is 4. The molecule has 0 amide bonds. The molecule has 0 aliphatic carbocycles. The highest BCUT2D eigenvalue weighted by Gasteiger charge is 2.27. The van der Waals surface area contributed by atoms with Gasteiger partial charge in [-0.15, -0.1) is 0 Å². The molecule has 0 radical (unpaired) electrons. The van der Waals surface area contributed by atoms with Gasteiger partial charge in [0, 0.05) is 38.3 Å². The van der Waals surface area contributed by atoms with Crippen LogP contribution < -0.4 is 5.32 Å². The number of aromatic hydroxyl groups is 2. The number of piperazine rings is 1. The molecule has 0 saturated carbocycles. The number of phenols is 2. The third-order valence-corrected chi connectivity index (χ3v) is 3.55. The van der Waals surface area contributed by atoms with Crippen LogP contribution in [0.2, 0.25) is 0 Å². The molecule has 0 unspecified atom stereocenters. The van der Waals surface area contributed by atoms with Gasteiger partial charge in [-0.1, -0.05) is 0 Å². The Hall–Kier alpha value is -2.37. The van der Waals surface area contributed by atoms with Gasteiger partial charge in [0.2, 0.25) is 5.75 Å². The van der Waals surface area contributed by atoms with Crippen molar-refractivity contribution in [2.24, 2.45) is 0 Å². The van der Waals surface area contributed by atoms with Crippen LogP contribution in [0.15, 0.2) is 12.1 Å². The van der Waals surface area contributed by atoms with Crippen LogP contribution in [0.3, 0.4) is 0 Å². The van der Waals surface area contributed by atoms with Crippen molar-refractivity contribution in [2.45, 2.75) is 12.5 Å². The third-order valence-electron chi connectivity index (χ3n) is 3.55. The Kier molecular flexibility index (Phi) is 4.57. The molecule has 1 aromatic rings. The lowest BCUT2D eigenvalue weighted by atomic mass is 10.00. The Labute approximate surface area is 121 Å². The summed E-state index contributed by atoms with van der Waals surface area (Å²) < 4.78 is 0. The lowest BCUT2D eigenvalue weighted by molar-refractivity contribution is -0.386. The van der Waals surface area contributed by atoms with Crippen LogP contribution in [0.4, 0.5) is 5.69 Å². The molecule has 3 N–H and O–H groups in total. The smallest absolute Gasteiger partial charge is 0.314 e. The first kappa shape index (κ1) is 15.0. The first-order valence-electron chi connectivity index (χ1n) is 6.56. The summed E-state index contributed by atoms with van der Waals surface area (Å²) in [7, 11) is 0. The third kappa shape index (κ3) is 3.21. The van der Waals surface area contributed by atoms with Crippen molar-refractivity contribution in [3.8, 4) is 17.6 Å². The summed E-state index contributed by atoms with van der Waals surface area (Å²) in [6, 6.07) is 4.23. The summed E-state index contributed by atoms with van der Waals surface area (Å²) in [5.41, 5.74) is -0.0940. The Morgan fingerprint density at radius 2 is 2.10 bits per heavy atom. The van der Waals surface area contributed by atoms with E-state index in [0.29, 0.717) is 18.7 Å². The second-order valence-corrected chi connectivity index (χ2v) is 4.83. The predicted molar refractivity (Wildman–Crippen MR) is 73.8 cm³/mol. The van der Waals surface area contributed by atoms with Gasteiger partial charge in [0.15, 0.2) is 5.75 Å². The van der Waals surface area contributed by atoms with Crippen molar-refractivity contribution < 1.29 is 15.1 Å². The molecule has 2 rings (SSSR count). The molecule has 1 atom stereocenters. The van der Waals surface area contributed by atoms with Gasteiger partial charge < -0.3 is 15.5 Å². The Bertz CT molecular complexity index is 578. The molecule has 0 bridgehead atoms. The van der Waals surface area contributed by atoms with E-state index in [1.54, 1.807) is 0 Å². The fourth-order valence-electron chi connectivity index (χ4n) is 2.49. The maximum atomic E-state index is 10.9. The highest BCUT2D eigenvalue weighted by molar-refractivity contribution is 5.57. The number of nitrogens with one attached hydrogen (secondary N) is 1. The number of nitro groups is 1. The van der Waals surface area contributed by atoms with Crippen molar-refractivity contribution in [3.63, 3.8) is 0 Å². The average Bonchev–Trinajstić information content (AvgIpc) is 2.48. The number of hydrogen-bond acceptors (Lipinski definition) is 7. The van der Waals surface area contributed by atoms with E-state index in [-0.39, 0.29) is 12.5 Å². The highest BCUT2D eigenvalue weighted by atomic mass is 16.6. The van der Waals surface area contributed by atoms with E-state index in [4.69, 9.17) is 5.26 Å². The average molecular weight is 292 g/mol. The van der Waals surface area contributed by atoms with Crippen molar-refractivity contribution >= 4 is 5.69 Å². The summed E-state index contributed by atoms with van der Waals surface area (Å²) in [6.45, 7) is 2.96.